The molecule has 0 unspecified atom stereocenters. The molecule has 0 aliphatic heterocycles. The molecule has 1 heterocycles. The van der Waals surface area contributed by atoms with Gasteiger partial charge in [0.1, 0.15) is 11.4 Å². The monoisotopic (exact) mass is 396 g/mol. The van der Waals surface area contributed by atoms with Crippen LogP contribution in [0.2, 0.25) is 5.02 Å². The van der Waals surface area contributed by atoms with E-state index in [4.69, 9.17) is 16.3 Å². The molecule has 7 heteroatoms. The van der Waals surface area contributed by atoms with E-state index in [2.05, 4.69) is 20.6 Å². The van der Waals surface area contributed by atoms with Gasteiger partial charge in [-0.25, -0.2) is 9.97 Å². The molecule has 0 aliphatic carbocycles. The Hall–Kier alpha value is -3.12. The number of para-hydroxylation sites is 1. The molecule has 0 fully saturated rings. The van der Waals surface area contributed by atoms with Crippen molar-refractivity contribution in [3.63, 3.8) is 0 Å². The van der Waals surface area contributed by atoms with Gasteiger partial charge in [0, 0.05) is 23.5 Å². The van der Waals surface area contributed by atoms with Crippen LogP contribution < -0.4 is 15.4 Å². The quantitative estimate of drug-likeness (QED) is 0.620. The summed E-state index contributed by atoms with van der Waals surface area (Å²) in [5.74, 6) is 0.912. The van der Waals surface area contributed by atoms with Crippen LogP contribution in [0.15, 0.2) is 54.7 Å². The Balaban J connectivity index is 1.61. The van der Waals surface area contributed by atoms with Crippen molar-refractivity contribution in [1.29, 1.82) is 0 Å². The molecular formula is C21H21ClN4O2. The van der Waals surface area contributed by atoms with Crippen molar-refractivity contribution in [2.45, 2.75) is 13.3 Å². The third-order valence-electron chi connectivity index (χ3n) is 4.19. The predicted octanol–water partition coefficient (Wildman–Crippen LogP) is 4.35. The van der Waals surface area contributed by atoms with E-state index in [1.165, 1.54) is 0 Å². The number of benzene rings is 2. The van der Waals surface area contributed by atoms with Crippen LogP contribution in [-0.4, -0.2) is 29.5 Å². The van der Waals surface area contributed by atoms with Gasteiger partial charge in [0.15, 0.2) is 0 Å². The number of rotatable bonds is 7. The van der Waals surface area contributed by atoms with Gasteiger partial charge in [-0.15, -0.1) is 0 Å². The van der Waals surface area contributed by atoms with E-state index in [1.807, 2.05) is 37.3 Å². The summed E-state index contributed by atoms with van der Waals surface area (Å²) in [4.78, 5) is 20.9. The van der Waals surface area contributed by atoms with Crippen LogP contribution in [0.4, 0.5) is 11.6 Å². The molecule has 0 radical (unpaired) electrons. The molecule has 2 aromatic carbocycles. The topological polar surface area (TPSA) is 76.1 Å². The van der Waals surface area contributed by atoms with E-state index in [-0.39, 0.29) is 11.6 Å². The summed E-state index contributed by atoms with van der Waals surface area (Å²) in [6.07, 6.45) is 2.29. The van der Waals surface area contributed by atoms with E-state index in [0.717, 1.165) is 23.3 Å². The third kappa shape index (κ3) is 4.98. The normalized spacial score (nSPS) is 10.4. The SMILES string of the molecule is COc1ccccc1CCNc1nccc(C(=O)Nc2ccc(C)c(Cl)c2)n1. The van der Waals surface area contributed by atoms with Gasteiger partial charge >= 0.3 is 0 Å². The Bertz CT molecular complexity index is 978. The number of halogens is 1. The van der Waals surface area contributed by atoms with Crippen LogP contribution in [0.3, 0.4) is 0 Å². The lowest BCUT2D eigenvalue weighted by atomic mass is 10.1. The number of anilines is 2. The van der Waals surface area contributed by atoms with Gasteiger partial charge in [-0.2, -0.15) is 0 Å². The number of amides is 1. The molecule has 0 spiro atoms. The Kier molecular flexibility index (Phi) is 6.45. The highest BCUT2D eigenvalue weighted by molar-refractivity contribution is 6.31. The smallest absolute Gasteiger partial charge is 0.274 e. The second-order valence-electron chi connectivity index (χ2n) is 6.17. The molecule has 3 aromatic rings. The highest BCUT2D eigenvalue weighted by atomic mass is 35.5. The first kappa shape index (κ1) is 19.6. The molecule has 2 N–H and O–H groups in total. The first-order valence-corrected chi connectivity index (χ1v) is 9.21. The van der Waals surface area contributed by atoms with E-state index >= 15 is 0 Å². The number of hydrogen-bond donors (Lipinski definition) is 2. The molecule has 0 saturated carbocycles. The lowest BCUT2D eigenvalue weighted by Crippen LogP contribution is -2.16. The molecule has 0 saturated heterocycles. The van der Waals surface area contributed by atoms with Crippen molar-refractivity contribution in [3.8, 4) is 5.75 Å². The zero-order valence-corrected chi connectivity index (χ0v) is 16.5. The fourth-order valence-electron chi connectivity index (χ4n) is 2.65. The molecule has 6 nitrogen and oxygen atoms in total. The zero-order valence-electron chi connectivity index (χ0n) is 15.7. The average molecular weight is 397 g/mol. The lowest BCUT2D eigenvalue weighted by molar-refractivity contribution is 0.102. The van der Waals surface area contributed by atoms with Crippen molar-refractivity contribution >= 4 is 29.1 Å². The molecule has 0 atom stereocenters. The second-order valence-corrected chi connectivity index (χ2v) is 6.58. The lowest BCUT2D eigenvalue weighted by Gasteiger charge is -2.10. The van der Waals surface area contributed by atoms with Crippen molar-refractivity contribution in [3.05, 3.63) is 76.6 Å². The van der Waals surface area contributed by atoms with Gasteiger partial charge in [0.05, 0.1) is 7.11 Å². The Morgan fingerprint density at radius 1 is 1.18 bits per heavy atom. The summed E-state index contributed by atoms with van der Waals surface area (Å²) < 4.78 is 5.35. The number of ether oxygens (including phenoxy) is 1. The van der Waals surface area contributed by atoms with Crippen molar-refractivity contribution < 1.29 is 9.53 Å². The fraction of sp³-hybridized carbons (Fsp3) is 0.190. The number of carbonyl (C=O) groups excluding carboxylic acids is 1. The van der Waals surface area contributed by atoms with Gasteiger partial charge in [-0.3, -0.25) is 4.79 Å². The van der Waals surface area contributed by atoms with Crippen LogP contribution >= 0.6 is 11.6 Å². The molecular weight excluding hydrogens is 376 g/mol. The van der Waals surface area contributed by atoms with E-state index in [0.29, 0.717) is 23.2 Å². The number of methoxy groups -OCH3 is 1. The minimum atomic E-state index is -0.324. The summed E-state index contributed by atoms with van der Waals surface area (Å²) in [5, 5.41) is 6.53. The van der Waals surface area contributed by atoms with Crippen LogP contribution in [0.25, 0.3) is 0 Å². The van der Waals surface area contributed by atoms with E-state index in [9.17, 15) is 4.79 Å². The third-order valence-corrected chi connectivity index (χ3v) is 4.60. The largest absolute Gasteiger partial charge is 0.496 e. The van der Waals surface area contributed by atoms with Crippen molar-refractivity contribution in [2.75, 3.05) is 24.3 Å². The number of nitrogens with zero attached hydrogens (tertiary/aromatic N) is 2. The summed E-state index contributed by atoms with van der Waals surface area (Å²) in [6.45, 7) is 2.51. The van der Waals surface area contributed by atoms with Crippen molar-refractivity contribution in [1.82, 2.24) is 9.97 Å². The van der Waals surface area contributed by atoms with Crippen LogP contribution in [0.5, 0.6) is 5.75 Å². The number of aromatic nitrogens is 2. The first-order valence-electron chi connectivity index (χ1n) is 8.83. The first-order chi connectivity index (χ1) is 13.6. The number of aryl methyl sites for hydroxylation is 1. The minimum absolute atomic E-state index is 0.270. The van der Waals surface area contributed by atoms with Gasteiger partial charge in [-0.05, 0) is 48.7 Å². The number of nitrogens with one attached hydrogen (secondary N) is 2. The highest BCUT2D eigenvalue weighted by Crippen LogP contribution is 2.20. The highest BCUT2D eigenvalue weighted by Gasteiger charge is 2.10. The van der Waals surface area contributed by atoms with E-state index < -0.39 is 0 Å². The Morgan fingerprint density at radius 2 is 2.00 bits per heavy atom. The summed E-state index contributed by atoms with van der Waals surface area (Å²) in [6, 6.07) is 14.8. The van der Waals surface area contributed by atoms with Gasteiger partial charge in [0.25, 0.3) is 5.91 Å². The Morgan fingerprint density at radius 3 is 2.79 bits per heavy atom. The fourth-order valence-corrected chi connectivity index (χ4v) is 2.84. The summed E-state index contributed by atoms with van der Waals surface area (Å²) >= 11 is 6.10. The molecule has 1 amide bonds. The Labute approximate surface area is 168 Å². The predicted molar refractivity (Wildman–Crippen MR) is 111 cm³/mol. The molecule has 1 aromatic heterocycles. The van der Waals surface area contributed by atoms with Crippen LogP contribution in [-0.2, 0) is 6.42 Å². The molecule has 3 rings (SSSR count). The molecule has 144 valence electrons. The maximum atomic E-state index is 12.5. The molecule has 0 bridgehead atoms. The van der Waals surface area contributed by atoms with Gasteiger partial charge in [0.2, 0.25) is 5.95 Å². The maximum absolute atomic E-state index is 12.5. The number of carbonyl (C=O) groups is 1. The van der Waals surface area contributed by atoms with Crippen molar-refractivity contribution in [2.24, 2.45) is 0 Å². The standard InChI is InChI=1S/C21H21ClN4O2/c1-14-7-8-16(13-17(14)22)25-20(27)18-10-12-24-21(26-18)23-11-9-15-5-3-4-6-19(15)28-2/h3-8,10,12-13H,9,11H2,1-2H3,(H,25,27)(H,23,24,26). The molecule has 0 aliphatic rings. The van der Waals surface area contributed by atoms with E-state index in [1.54, 1.807) is 31.5 Å². The summed E-state index contributed by atoms with van der Waals surface area (Å²) in [5.41, 5.74) is 2.92. The van der Waals surface area contributed by atoms with Gasteiger partial charge in [-0.1, -0.05) is 35.9 Å². The van der Waals surface area contributed by atoms with Crippen LogP contribution in [0.1, 0.15) is 21.6 Å². The maximum Gasteiger partial charge on any atom is 0.274 e. The average Bonchev–Trinajstić information content (AvgIpc) is 2.71. The molecule has 28 heavy (non-hydrogen) atoms. The zero-order chi connectivity index (χ0) is 19.9. The minimum Gasteiger partial charge on any atom is -0.496 e. The second kappa shape index (κ2) is 9.19. The summed E-state index contributed by atoms with van der Waals surface area (Å²) in [7, 11) is 1.65. The number of hydrogen-bond acceptors (Lipinski definition) is 5. The van der Waals surface area contributed by atoms with Gasteiger partial charge < -0.3 is 15.4 Å². The van der Waals surface area contributed by atoms with Crippen LogP contribution in [0, 0.1) is 6.92 Å².